The standard InChI is InChI=1S/C24H26N4O10P2S2/c29-19-17-9-33-40(32,42)38-22-20(30)18(36-24(22)28-12-26-14-6-2-4-8-16(14)28)10-34-39(31,41)37-21(19)23(35-17)27-11-25-13-5-1-3-7-15(13)27/h1-8,11-12,17-24,29-30H,9-10H2,(H,31,41)(H,32,42)/t17-,18-,19+,20?,21?,22+,23-,24-,39?,40?/m1/s1. The number of hydrogen-bond acceptors (Lipinski definition) is 12. The van der Waals surface area contributed by atoms with Crippen LogP contribution in [0.3, 0.4) is 0 Å². The van der Waals surface area contributed by atoms with Crippen LogP contribution in [0.25, 0.3) is 22.1 Å². The number of imidazole rings is 2. The zero-order valence-electron chi connectivity index (χ0n) is 21.5. The number of fused-ring (bicyclic) bond motifs is 6. The minimum absolute atomic E-state index is 0.415. The molecule has 3 aliphatic heterocycles. The Morgan fingerprint density at radius 2 is 1.29 bits per heavy atom. The van der Waals surface area contributed by atoms with Crippen LogP contribution in [0.4, 0.5) is 0 Å². The number of nitrogens with zero attached hydrogens (tertiary/aromatic N) is 4. The molecule has 18 heteroatoms. The van der Waals surface area contributed by atoms with Gasteiger partial charge in [0.2, 0.25) is 0 Å². The summed E-state index contributed by atoms with van der Waals surface area (Å²) in [5.41, 5.74) is 2.66. The van der Waals surface area contributed by atoms with Gasteiger partial charge in [0, 0.05) is 0 Å². The van der Waals surface area contributed by atoms with E-state index in [1.165, 1.54) is 12.7 Å². The lowest BCUT2D eigenvalue weighted by Gasteiger charge is -2.27. The fourth-order valence-corrected chi connectivity index (χ4v) is 8.33. The Morgan fingerprint density at radius 3 is 1.83 bits per heavy atom. The lowest BCUT2D eigenvalue weighted by Crippen LogP contribution is -2.37. The Kier molecular flexibility index (Phi) is 7.59. The van der Waals surface area contributed by atoms with Crippen LogP contribution in [-0.4, -0.2) is 84.0 Å². The van der Waals surface area contributed by atoms with E-state index >= 15 is 0 Å². The third kappa shape index (κ3) is 5.28. The molecular formula is C24H26N4O10P2S2. The second kappa shape index (κ2) is 11.0. The fourth-order valence-electron chi connectivity index (χ4n) is 5.45. The van der Waals surface area contributed by atoms with Crippen LogP contribution in [0.1, 0.15) is 12.5 Å². The van der Waals surface area contributed by atoms with Gasteiger partial charge in [-0.05, 0) is 36.1 Å². The summed E-state index contributed by atoms with van der Waals surface area (Å²) >= 11 is 9.45. The third-order valence-corrected chi connectivity index (χ3v) is 10.6. The number of para-hydroxylation sites is 4. The van der Waals surface area contributed by atoms with E-state index in [9.17, 15) is 19.7 Å². The van der Waals surface area contributed by atoms with Gasteiger partial charge in [0.05, 0.1) is 47.9 Å². The number of ether oxygens (including phenoxy) is 2. The van der Waals surface area contributed by atoms with Crippen molar-refractivity contribution >= 4 is 59.6 Å². The van der Waals surface area contributed by atoms with Crippen molar-refractivity contribution < 1.29 is 47.2 Å². The fraction of sp³-hybridized carbons (Fsp3) is 0.417. The summed E-state index contributed by atoms with van der Waals surface area (Å²) in [6.07, 6.45) is -6.51. The van der Waals surface area contributed by atoms with Gasteiger partial charge in [-0.1, -0.05) is 36.5 Å². The van der Waals surface area contributed by atoms with E-state index in [1.54, 1.807) is 33.4 Å². The maximum Gasteiger partial charge on any atom is 0.386 e. The number of aromatic nitrogens is 4. The molecule has 4 aromatic rings. The van der Waals surface area contributed by atoms with Crippen LogP contribution in [0.2, 0.25) is 0 Å². The summed E-state index contributed by atoms with van der Waals surface area (Å²) in [5, 5.41) is 22.4. The van der Waals surface area contributed by atoms with E-state index < -0.39 is 75.8 Å². The molecule has 3 saturated heterocycles. The molecule has 0 aliphatic carbocycles. The van der Waals surface area contributed by atoms with E-state index in [2.05, 4.69) is 22.2 Å². The highest BCUT2D eigenvalue weighted by molar-refractivity contribution is 8.44. The number of benzene rings is 2. The number of thiol groups is 1. The molecule has 14 nitrogen and oxygen atoms in total. The summed E-state index contributed by atoms with van der Waals surface area (Å²) in [6.45, 7) is -9.09. The quantitative estimate of drug-likeness (QED) is 0.184. The molecule has 3 fully saturated rings. The first-order valence-electron chi connectivity index (χ1n) is 12.9. The molecule has 7 rings (SSSR count). The Balaban J connectivity index is 1.22. The van der Waals surface area contributed by atoms with Crippen molar-refractivity contribution in [1.29, 1.82) is 0 Å². The lowest BCUT2D eigenvalue weighted by atomic mass is 10.1. The highest BCUT2D eigenvalue weighted by Gasteiger charge is 2.52. The van der Waals surface area contributed by atoms with E-state index in [1.807, 2.05) is 24.3 Å². The molecule has 0 amide bonds. The van der Waals surface area contributed by atoms with Crippen molar-refractivity contribution in [3.63, 3.8) is 0 Å². The lowest BCUT2D eigenvalue weighted by molar-refractivity contribution is -0.0598. The van der Waals surface area contributed by atoms with E-state index in [0.717, 1.165) is 0 Å². The first-order chi connectivity index (χ1) is 20.1. The summed E-state index contributed by atoms with van der Waals surface area (Å²) in [4.78, 5) is 19.8. The average Bonchev–Trinajstić information content (AvgIpc) is 3.72. The molecule has 0 saturated carbocycles. The summed E-state index contributed by atoms with van der Waals surface area (Å²) in [7, 11) is 0. The Labute approximate surface area is 249 Å². The first kappa shape index (κ1) is 29.0. The minimum Gasteiger partial charge on any atom is -0.387 e. The number of aliphatic hydroxyl groups excluding tert-OH is 2. The van der Waals surface area contributed by atoms with Gasteiger partial charge >= 0.3 is 13.5 Å². The van der Waals surface area contributed by atoms with Crippen molar-refractivity contribution in [3.8, 4) is 0 Å². The van der Waals surface area contributed by atoms with Crippen molar-refractivity contribution in [2.45, 2.75) is 49.1 Å². The van der Waals surface area contributed by atoms with E-state index in [0.29, 0.717) is 22.1 Å². The third-order valence-electron chi connectivity index (χ3n) is 7.45. The number of aliphatic hydroxyl groups is 2. The number of rotatable bonds is 2. The van der Waals surface area contributed by atoms with Gasteiger partial charge in [0.1, 0.15) is 36.6 Å². The van der Waals surface area contributed by atoms with Gasteiger partial charge in [0.15, 0.2) is 12.5 Å². The minimum atomic E-state index is -4.18. The normalized spacial score (nSPS) is 39.5. The van der Waals surface area contributed by atoms with Crippen LogP contribution < -0.4 is 0 Å². The molecule has 2 aromatic carbocycles. The van der Waals surface area contributed by atoms with Gasteiger partial charge in [-0.2, -0.15) is 0 Å². The molecular weight excluding hydrogens is 630 g/mol. The smallest absolute Gasteiger partial charge is 0.386 e. The van der Waals surface area contributed by atoms with Crippen molar-refractivity contribution in [2.75, 3.05) is 13.2 Å². The van der Waals surface area contributed by atoms with Crippen LogP contribution >= 0.6 is 25.8 Å². The topological polar surface area (TPSA) is 169 Å². The van der Waals surface area contributed by atoms with Gasteiger partial charge in [0.25, 0.3) is 0 Å². The predicted octanol–water partition coefficient (Wildman–Crippen LogP) is 2.67. The first-order valence-corrected chi connectivity index (χ1v) is 18.2. The second-order valence-corrected chi connectivity index (χ2v) is 15.7. The average molecular weight is 657 g/mol. The second-order valence-electron chi connectivity index (χ2n) is 10.1. The predicted molar refractivity (Wildman–Crippen MR) is 154 cm³/mol. The molecule has 4 unspecified atom stereocenters. The molecule has 4 bridgehead atoms. The zero-order valence-corrected chi connectivity index (χ0v) is 25.0. The Morgan fingerprint density at radius 1 is 0.810 bits per heavy atom. The molecule has 3 N–H and O–H groups in total. The van der Waals surface area contributed by atoms with Gasteiger partial charge in [-0.15, -0.1) is 0 Å². The van der Waals surface area contributed by atoms with Crippen LogP contribution in [0.5, 0.6) is 0 Å². The molecule has 3 aliphatic rings. The van der Waals surface area contributed by atoms with Crippen molar-refractivity contribution in [1.82, 2.24) is 19.1 Å². The van der Waals surface area contributed by atoms with Crippen LogP contribution in [0.15, 0.2) is 61.2 Å². The largest absolute Gasteiger partial charge is 0.387 e. The van der Waals surface area contributed by atoms with Crippen molar-refractivity contribution in [2.24, 2.45) is 0 Å². The van der Waals surface area contributed by atoms with E-state index in [-0.39, 0.29) is 0 Å². The zero-order chi connectivity index (χ0) is 29.2. The Hall–Kier alpha value is -1.75. The van der Waals surface area contributed by atoms with Gasteiger partial charge in [-0.3, -0.25) is 13.6 Å². The van der Waals surface area contributed by atoms with Gasteiger partial charge < -0.3 is 38.2 Å². The van der Waals surface area contributed by atoms with Crippen LogP contribution in [-0.2, 0) is 43.9 Å². The highest BCUT2D eigenvalue weighted by atomic mass is 32.7. The summed E-state index contributed by atoms with van der Waals surface area (Å²) < 4.78 is 51.7. The molecule has 10 atom stereocenters. The molecule has 42 heavy (non-hydrogen) atoms. The molecule has 2 aromatic heterocycles. The van der Waals surface area contributed by atoms with Crippen molar-refractivity contribution in [3.05, 3.63) is 61.2 Å². The summed E-state index contributed by atoms with van der Waals surface area (Å²) in [6, 6.07) is 14.5. The monoisotopic (exact) mass is 656 g/mol. The van der Waals surface area contributed by atoms with Crippen LogP contribution in [0, 0.1) is 0 Å². The SMILES string of the molecule is O=P1(S)OC[C@H]2O[C@@H](n3cnc4ccccc43)C(OP(O)(=S)OC[C@H]3O[C@@H](n4cnc5ccccc54)[C@@H](O1)C3O)[C@H]2O. The Bertz CT molecular complexity index is 1600. The molecule has 224 valence electrons. The number of hydrogen-bond donors (Lipinski definition) is 4. The maximum atomic E-state index is 13.5. The van der Waals surface area contributed by atoms with E-state index in [4.69, 9.17) is 39.4 Å². The molecule has 0 radical (unpaired) electrons. The summed E-state index contributed by atoms with van der Waals surface area (Å²) in [5.74, 6) is 0. The molecule has 5 heterocycles. The molecule has 0 spiro atoms. The van der Waals surface area contributed by atoms with Gasteiger partial charge in [-0.25, -0.2) is 14.5 Å². The highest BCUT2D eigenvalue weighted by Crippen LogP contribution is 2.58. The maximum absolute atomic E-state index is 13.5.